The number of hydrogen-bond donors (Lipinski definition) is 1. The van der Waals surface area contributed by atoms with E-state index >= 15 is 0 Å². The number of para-hydroxylation sites is 1. The molecule has 1 aliphatic heterocycles. The lowest BCUT2D eigenvalue weighted by Crippen LogP contribution is -2.49. The van der Waals surface area contributed by atoms with Crippen LogP contribution >= 0.6 is 0 Å². The first-order valence-corrected chi connectivity index (χ1v) is 10.2. The molecule has 0 radical (unpaired) electrons. The van der Waals surface area contributed by atoms with E-state index in [1.165, 1.54) is 0 Å². The van der Waals surface area contributed by atoms with Crippen molar-refractivity contribution in [2.24, 2.45) is 5.41 Å². The number of amides is 1. The maximum Gasteiger partial charge on any atom is 0.227 e. The first-order valence-electron chi connectivity index (χ1n) is 10.2. The molecule has 2 aromatic rings. The first-order chi connectivity index (χ1) is 14.1. The molecule has 5 heteroatoms. The van der Waals surface area contributed by atoms with Crippen molar-refractivity contribution < 1.29 is 19.0 Å². The Hall–Kier alpha value is -2.37. The fraction of sp³-hybridized carbons (Fsp3) is 0.458. The van der Waals surface area contributed by atoms with Crippen LogP contribution in [0.5, 0.6) is 5.75 Å². The zero-order valence-electron chi connectivity index (χ0n) is 17.6. The van der Waals surface area contributed by atoms with Gasteiger partial charge in [0.15, 0.2) is 0 Å². The molecule has 0 spiro atoms. The van der Waals surface area contributed by atoms with Gasteiger partial charge >= 0.3 is 0 Å². The highest BCUT2D eigenvalue weighted by molar-refractivity contribution is 5.83. The van der Waals surface area contributed by atoms with Crippen molar-refractivity contribution in [3.63, 3.8) is 0 Å². The third-order valence-electron chi connectivity index (χ3n) is 5.64. The quantitative estimate of drug-likeness (QED) is 0.735. The van der Waals surface area contributed by atoms with Crippen LogP contribution in [-0.4, -0.2) is 46.0 Å². The van der Waals surface area contributed by atoms with Crippen LogP contribution in [0.4, 0.5) is 0 Å². The van der Waals surface area contributed by atoms with E-state index in [-0.39, 0.29) is 11.9 Å². The molecule has 0 bridgehead atoms. The maximum absolute atomic E-state index is 13.1. The van der Waals surface area contributed by atoms with Gasteiger partial charge in [0.1, 0.15) is 5.75 Å². The summed E-state index contributed by atoms with van der Waals surface area (Å²) < 4.78 is 16.2. The predicted octanol–water partition coefficient (Wildman–Crippen LogP) is 3.85. The Kier molecular flexibility index (Phi) is 7.29. The van der Waals surface area contributed by atoms with Crippen LogP contribution in [0.3, 0.4) is 0 Å². The number of nitrogens with one attached hydrogen (secondary N) is 1. The molecule has 1 saturated heterocycles. The Morgan fingerprint density at radius 1 is 1.10 bits per heavy atom. The summed E-state index contributed by atoms with van der Waals surface area (Å²) in [5, 5.41) is 3.13. The topological polar surface area (TPSA) is 56.8 Å². The van der Waals surface area contributed by atoms with Gasteiger partial charge in [-0.1, -0.05) is 42.5 Å². The van der Waals surface area contributed by atoms with Gasteiger partial charge in [-0.25, -0.2) is 0 Å². The molecule has 2 aromatic carbocycles. The molecule has 1 heterocycles. The van der Waals surface area contributed by atoms with Gasteiger partial charge in [0, 0.05) is 31.9 Å². The van der Waals surface area contributed by atoms with Crippen LogP contribution < -0.4 is 10.1 Å². The van der Waals surface area contributed by atoms with Crippen molar-refractivity contribution in [1.82, 2.24) is 5.32 Å². The number of rotatable bonds is 8. The van der Waals surface area contributed by atoms with Crippen LogP contribution in [0.2, 0.25) is 0 Å². The second kappa shape index (κ2) is 9.90. The first kappa shape index (κ1) is 21.3. The summed E-state index contributed by atoms with van der Waals surface area (Å²) in [4.78, 5) is 13.1. The van der Waals surface area contributed by atoms with Gasteiger partial charge in [-0.15, -0.1) is 0 Å². The lowest BCUT2D eigenvalue weighted by atomic mass is 9.74. The van der Waals surface area contributed by atoms with Gasteiger partial charge in [0.05, 0.1) is 19.1 Å². The highest BCUT2D eigenvalue weighted by Gasteiger charge is 2.40. The van der Waals surface area contributed by atoms with Gasteiger partial charge in [-0.2, -0.15) is 0 Å². The zero-order valence-corrected chi connectivity index (χ0v) is 17.6. The molecule has 1 fully saturated rings. The Morgan fingerprint density at radius 3 is 2.45 bits per heavy atom. The summed E-state index contributed by atoms with van der Waals surface area (Å²) in [6, 6.07) is 16.4. The maximum atomic E-state index is 13.1. The Balaban J connectivity index is 1.78. The van der Waals surface area contributed by atoms with E-state index < -0.39 is 5.41 Å². The number of benzene rings is 2. The van der Waals surface area contributed by atoms with Gasteiger partial charge in [0.2, 0.25) is 5.91 Å². The summed E-state index contributed by atoms with van der Waals surface area (Å²) in [5.74, 6) is 0.951. The molecular weight excluding hydrogens is 366 g/mol. The average molecular weight is 398 g/mol. The summed E-state index contributed by atoms with van der Waals surface area (Å²) in [7, 11) is 3.33. The third kappa shape index (κ3) is 5.17. The number of carbonyl (C=O) groups is 1. The minimum atomic E-state index is -0.438. The van der Waals surface area contributed by atoms with Crippen molar-refractivity contribution in [1.29, 1.82) is 0 Å². The largest absolute Gasteiger partial charge is 0.496 e. The van der Waals surface area contributed by atoms with E-state index in [1.807, 2.05) is 25.1 Å². The average Bonchev–Trinajstić information content (AvgIpc) is 2.75. The molecule has 1 amide bonds. The molecule has 0 unspecified atom stereocenters. The second-order valence-corrected chi connectivity index (χ2v) is 7.80. The summed E-state index contributed by atoms with van der Waals surface area (Å²) in [6.45, 7) is 3.71. The minimum absolute atomic E-state index is 0.0138. The van der Waals surface area contributed by atoms with E-state index in [1.54, 1.807) is 14.2 Å². The highest BCUT2D eigenvalue weighted by Crippen LogP contribution is 2.36. The highest BCUT2D eigenvalue weighted by atomic mass is 16.5. The SMILES string of the molecule is COC[C@H](C)NC(=O)C1(Cc2ccc(-c3ccccc3OC)cc2)CCOCC1. The van der Waals surface area contributed by atoms with Crippen molar-refractivity contribution in [3.8, 4) is 16.9 Å². The molecule has 0 saturated carbocycles. The van der Waals surface area contributed by atoms with E-state index in [0.29, 0.717) is 26.2 Å². The molecular formula is C24H31NO4. The molecule has 3 rings (SSSR count). The van der Waals surface area contributed by atoms with Crippen LogP contribution in [0, 0.1) is 5.41 Å². The van der Waals surface area contributed by atoms with Gasteiger partial charge in [-0.3, -0.25) is 4.79 Å². The summed E-state index contributed by atoms with van der Waals surface area (Å²) >= 11 is 0. The van der Waals surface area contributed by atoms with E-state index in [2.05, 4.69) is 35.6 Å². The fourth-order valence-electron chi connectivity index (χ4n) is 3.99. The smallest absolute Gasteiger partial charge is 0.227 e. The standard InChI is InChI=1S/C24H31NO4/c1-18(17-27-2)25-23(26)24(12-14-29-15-13-24)16-19-8-10-20(11-9-19)21-6-4-5-7-22(21)28-3/h4-11,18H,12-17H2,1-3H3,(H,25,26)/t18-/m0/s1. The number of carbonyl (C=O) groups excluding carboxylic acids is 1. The van der Waals surface area contributed by atoms with Crippen LogP contribution in [0.1, 0.15) is 25.3 Å². The second-order valence-electron chi connectivity index (χ2n) is 7.80. The molecule has 0 aromatic heterocycles. The third-order valence-corrected chi connectivity index (χ3v) is 5.64. The van der Waals surface area contributed by atoms with Crippen molar-refractivity contribution in [3.05, 3.63) is 54.1 Å². The zero-order chi connectivity index (χ0) is 20.7. The molecule has 1 N–H and O–H groups in total. The lowest BCUT2D eigenvalue weighted by Gasteiger charge is -2.37. The van der Waals surface area contributed by atoms with Gasteiger partial charge in [0.25, 0.3) is 0 Å². The predicted molar refractivity (Wildman–Crippen MR) is 114 cm³/mol. The molecule has 0 aliphatic carbocycles. The Bertz CT molecular complexity index is 797. The molecule has 1 aliphatic rings. The fourth-order valence-corrected chi connectivity index (χ4v) is 3.99. The number of ether oxygens (including phenoxy) is 3. The molecule has 29 heavy (non-hydrogen) atoms. The van der Waals surface area contributed by atoms with Gasteiger partial charge in [-0.05, 0) is 43.4 Å². The summed E-state index contributed by atoms with van der Waals surface area (Å²) in [5.41, 5.74) is 2.88. The normalized spacial score (nSPS) is 16.8. The van der Waals surface area contributed by atoms with E-state index in [4.69, 9.17) is 14.2 Å². The lowest BCUT2D eigenvalue weighted by molar-refractivity contribution is -0.137. The number of hydrogen-bond acceptors (Lipinski definition) is 4. The van der Waals surface area contributed by atoms with Crippen molar-refractivity contribution >= 4 is 5.91 Å². The van der Waals surface area contributed by atoms with Crippen LogP contribution in [0.15, 0.2) is 48.5 Å². The van der Waals surface area contributed by atoms with E-state index in [0.717, 1.165) is 35.3 Å². The Labute approximate surface area is 173 Å². The van der Waals surface area contributed by atoms with Gasteiger partial charge < -0.3 is 19.5 Å². The van der Waals surface area contributed by atoms with Crippen molar-refractivity contribution in [2.45, 2.75) is 32.2 Å². The molecule has 1 atom stereocenters. The van der Waals surface area contributed by atoms with Crippen LogP contribution in [0.25, 0.3) is 11.1 Å². The Morgan fingerprint density at radius 2 is 1.79 bits per heavy atom. The monoisotopic (exact) mass is 397 g/mol. The van der Waals surface area contributed by atoms with E-state index in [9.17, 15) is 4.79 Å². The summed E-state index contributed by atoms with van der Waals surface area (Å²) in [6.07, 6.45) is 2.16. The molecule has 5 nitrogen and oxygen atoms in total. The number of methoxy groups -OCH3 is 2. The van der Waals surface area contributed by atoms with Crippen molar-refractivity contribution in [2.75, 3.05) is 34.0 Å². The molecule has 156 valence electrons. The van der Waals surface area contributed by atoms with Crippen LogP contribution in [-0.2, 0) is 20.7 Å². The minimum Gasteiger partial charge on any atom is -0.496 e.